The van der Waals surface area contributed by atoms with Gasteiger partial charge in [0.2, 0.25) is 0 Å². The van der Waals surface area contributed by atoms with Gasteiger partial charge in [0, 0.05) is 5.56 Å². The lowest BCUT2D eigenvalue weighted by Crippen LogP contribution is -2.04. The number of benzene rings is 1. The van der Waals surface area contributed by atoms with E-state index in [2.05, 4.69) is 0 Å². The summed E-state index contributed by atoms with van der Waals surface area (Å²) in [5.74, 6) is 0.00926. The van der Waals surface area contributed by atoms with Gasteiger partial charge in [-0.3, -0.25) is 0 Å². The standard InChI is InChI=1S/C11H13FO/c1-7-3-2-4-9(12)10(7)11(13)8-5-6-8/h2-4,8,11,13H,5-6H2,1H3. The largest absolute Gasteiger partial charge is 0.388 e. The van der Waals surface area contributed by atoms with Gasteiger partial charge < -0.3 is 5.11 Å². The summed E-state index contributed by atoms with van der Waals surface area (Å²) in [6.45, 7) is 1.84. The third-order valence-electron chi connectivity index (χ3n) is 2.64. The van der Waals surface area contributed by atoms with Crippen LogP contribution in [-0.4, -0.2) is 5.11 Å². The molecule has 0 bridgehead atoms. The summed E-state index contributed by atoms with van der Waals surface area (Å²) in [6, 6.07) is 4.92. The Labute approximate surface area is 77.2 Å². The summed E-state index contributed by atoms with van der Waals surface area (Å²) < 4.78 is 13.3. The second-order valence-electron chi connectivity index (χ2n) is 3.75. The number of hydrogen-bond donors (Lipinski definition) is 1. The first-order valence-corrected chi connectivity index (χ1v) is 4.63. The SMILES string of the molecule is Cc1cccc(F)c1C(O)C1CC1. The van der Waals surface area contributed by atoms with Gasteiger partial charge in [0.1, 0.15) is 5.82 Å². The molecule has 0 spiro atoms. The first-order valence-electron chi connectivity index (χ1n) is 4.63. The molecule has 1 fully saturated rings. The highest BCUT2D eigenvalue weighted by Crippen LogP contribution is 2.42. The maximum atomic E-state index is 13.3. The van der Waals surface area contributed by atoms with E-state index in [-0.39, 0.29) is 11.7 Å². The van der Waals surface area contributed by atoms with Crippen molar-refractivity contribution in [2.75, 3.05) is 0 Å². The summed E-state index contributed by atoms with van der Waals surface area (Å²) in [5, 5.41) is 9.78. The first-order chi connectivity index (χ1) is 6.20. The zero-order valence-corrected chi connectivity index (χ0v) is 7.63. The molecular formula is C11H13FO. The van der Waals surface area contributed by atoms with Crippen LogP contribution in [-0.2, 0) is 0 Å². The number of aliphatic hydroxyl groups excluding tert-OH is 1. The lowest BCUT2D eigenvalue weighted by Gasteiger charge is -2.13. The van der Waals surface area contributed by atoms with Gasteiger partial charge in [0.05, 0.1) is 6.10 Å². The molecule has 1 unspecified atom stereocenters. The fourth-order valence-corrected chi connectivity index (χ4v) is 1.67. The zero-order chi connectivity index (χ0) is 9.42. The van der Waals surface area contributed by atoms with Crippen molar-refractivity contribution in [1.82, 2.24) is 0 Å². The van der Waals surface area contributed by atoms with E-state index in [9.17, 15) is 9.50 Å². The molecule has 1 nitrogen and oxygen atoms in total. The predicted octanol–water partition coefficient (Wildman–Crippen LogP) is 2.58. The molecule has 0 saturated heterocycles. The molecule has 1 atom stereocenters. The van der Waals surface area contributed by atoms with Crippen molar-refractivity contribution in [3.8, 4) is 0 Å². The smallest absolute Gasteiger partial charge is 0.129 e. The Morgan fingerprint density at radius 1 is 1.46 bits per heavy atom. The second-order valence-corrected chi connectivity index (χ2v) is 3.75. The molecule has 0 heterocycles. The lowest BCUT2D eigenvalue weighted by atomic mass is 10.00. The number of rotatable bonds is 2. The summed E-state index contributed by atoms with van der Waals surface area (Å²) in [4.78, 5) is 0. The van der Waals surface area contributed by atoms with Gasteiger partial charge in [0.25, 0.3) is 0 Å². The fraction of sp³-hybridized carbons (Fsp3) is 0.455. The normalized spacial score (nSPS) is 18.7. The number of hydrogen-bond acceptors (Lipinski definition) is 1. The fourth-order valence-electron chi connectivity index (χ4n) is 1.67. The summed E-state index contributed by atoms with van der Waals surface area (Å²) in [5.41, 5.74) is 1.34. The maximum absolute atomic E-state index is 13.3. The Kier molecular flexibility index (Phi) is 2.08. The average molecular weight is 180 g/mol. The third kappa shape index (κ3) is 1.59. The Morgan fingerprint density at radius 3 is 2.69 bits per heavy atom. The van der Waals surface area contributed by atoms with E-state index < -0.39 is 6.10 Å². The molecule has 1 aromatic carbocycles. The second kappa shape index (κ2) is 3.11. The van der Waals surface area contributed by atoms with Crippen LogP contribution < -0.4 is 0 Å². The summed E-state index contributed by atoms with van der Waals surface area (Å²) >= 11 is 0. The Morgan fingerprint density at radius 2 is 2.15 bits per heavy atom. The molecule has 0 aromatic heterocycles. The van der Waals surface area contributed by atoms with Crippen LogP contribution in [0.15, 0.2) is 18.2 Å². The van der Waals surface area contributed by atoms with Crippen LogP contribution in [0, 0.1) is 18.7 Å². The van der Waals surface area contributed by atoms with E-state index >= 15 is 0 Å². The molecule has 2 heteroatoms. The van der Waals surface area contributed by atoms with Gasteiger partial charge in [-0.25, -0.2) is 4.39 Å². The number of halogens is 1. The van der Waals surface area contributed by atoms with Crippen LogP contribution in [0.5, 0.6) is 0 Å². The molecule has 70 valence electrons. The van der Waals surface area contributed by atoms with Crippen molar-refractivity contribution < 1.29 is 9.50 Å². The van der Waals surface area contributed by atoms with Gasteiger partial charge >= 0.3 is 0 Å². The molecule has 0 radical (unpaired) electrons. The van der Waals surface area contributed by atoms with Gasteiger partial charge in [0.15, 0.2) is 0 Å². The van der Waals surface area contributed by atoms with E-state index in [4.69, 9.17) is 0 Å². The minimum atomic E-state index is -0.596. The molecule has 1 aliphatic carbocycles. The molecule has 1 N–H and O–H groups in total. The van der Waals surface area contributed by atoms with E-state index in [1.165, 1.54) is 6.07 Å². The van der Waals surface area contributed by atoms with Crippen molar-refractivity contribution in [3.63, 3.8) is 0 Å². The molecule has 13 heavy (non-hydrogen) atoms. The van der Waals surface area contributed by atoms with Crippen LogP contribution in [0.25, 0.3) is 0 Å². The number of aryl methyl sites for hydroxylation is 1. The van der Waals surface area contributed by atoms with Gasteiger partial charge in [-0.1, -0.05) is 12.1 Å². The minimum Gasteiger partial charge on any atom is -0.388 e. The van der Waals surface area contributed by atoms with Crippen molar-refractivity contribution in [3.05, 3.63) is 35.1 Å². The summed E-state index contributed by atoms with van der Waals surface area (Å²) in [7, 11) is 0. The molecule has 1 aliphatic rings. The van der Waals surface area contributed by atoms with Crippen molar-refractivity contribution in [2.45, 2.75) is 25.9 Å². The van der Waals surface area contributed by atoms with Crippen LogP contribution >= 0.6 is 0 Å². The number of aliphatic hydroxyl groups is 1. The molecule has 1 saturated carbocycles. The summed E-state index contributed by atoms with van der Waals surface area (Å²) in [6.07, 6.45) is 1.45. The maximum Gasteiger partial charge on any atom is 0.129 e. The van der Waals surface area contributed by atoms with E-state index in [1.807, 2.05) is 13.0 Å². The van der Waals surface area contributed by atoms with Crippen LogP contribution in [0.4, 0.5) is 4.39 Å². The Bertz CT molecular complexity index is 298. The zero-order valence-electron chi connectivity index (χ0n) is 7.63. The highest BCUT2D eigenvalue weighted by atomic mass is 19.1. The van der Waals surface area contributed by atoms with Gasteiger partial charge in [-0.2, -0.15) is 0 Å². The van der Waals surface area contributed by atoms with Crippen LogP contribution in [0.3, 0.4) is 0 Å². The topological polar surface area (TPSA) is 20.2 Å². The molecular weight excluding hydrogens is 167 g/mol. The average Bonchev–Trinajstić information content (AvgIpc) is 2.85. The van der Waals surface area contributed by atoms with E-state index in [0.717, 1.165) is 18.4 Å². The third-order valence-corrected chi connectivity index (χ3v) is 2.64. The highest BCUT2D eigenvalue weighted by Gasteiger charge is 2.32. The van der Waals surface area contributed by atoms with Crippen molar-refractivity contribution >= 4 is 0 Å². The lowest BCUT2D eigenvalue weighted by molar-refractivity contribution is 0.148. The monoisotopic (exact) mass is 180 g/mol. The molecule has 1 aromatic rings. The van der Waals surface area contributed by atoms with Gasteiger partial charge in [-0.15, -0.1) is 0 Å². The van der Waals surface area contributed by atoms with Crippen molar-refractivity contribution in [2.24, 2.45) is 5.92 Å². The molecule has 2 rings (SSSR count). The molecule has 0 amide bonds. The predicted molar refractivity (Wildman–Crippen MR) is 48.8 cm³/mol. The molecule has 0 aliphatic heterocycles. The van der Waals surface area contributed by atoms with Crippen molar-refractivity contribution in [1.29, 1.82) is 0 Å². The quantitative estimate of drug-likeness (QED) is 0.741. The van der Waals surface area contributed by atoms with E-state index in [1.54, 1.807) is 6.07 Å². The van der Waals surface area contributed by atoms with Crippen LogP contribution in [0.2, 0.25) is 0 Å². The van der Waals surface area contributed by atoms with Gasteiger partial charge in [-0.05, 0) is 37.3 Å². The van der Waals surface area contributed by atoms with Crippen LogP contribution in [0.1, 0.15) is 30.1 Å². The highest BCUT2D eigenvalue weighted by molar-refractivity contribution is 5.30. The Hall–Kier alpha value is -0.890. The minimum absolute atomic E-state index is 0.278. The first kappa shape index (κ1) is 8.70. The van der Waals surface area contributed by atoms with E-state index in [0.29, 0.717) is 5.56 Å². The Balaban J connectivity index is 2.36.